The number of carboxylic acids is 1. The van der Waals surface area contributed by atoms with Crippen LogP contribution in [-0.4, -0.2) is 30.1 Å². The number of carbonyl (C=O) groups excluding carboxylic acids is 1. The summed E-state index contributed by atoms with van der Waals surface area (Å²) in [6.45, 7) is 0.803. The molecule has 1 aliphatic rings. The molecule has 0 spiro atoms. The van der Waals surface area contributed by atoms with E-state index >= 15 is 0 Å². The summed E-state index contributed by atoms with van der Waals surface area (Å²) in [5.41, 5.74) is 5.27. The molecular weight excluding hydrogens is 196 g/mol. The van der Waals surface area contributed by atoms with Gasteiger partial charge in [0.15, 0.2) is 0 Å². The topological polar surface area (TPSA) is 92.4 Å². The molecule has 0 bridgehead atoms. The maximum Gasteiger partial charge on any atom is 0.307 e. The minimum Gasteiger partial charge on any atom is -0.481 e. The third-order valence-corrected chi connectivity index (χ3v) is 2.86. The molecule has 0 aromatic carbocycles. The van der Waals surface area contributed by atoms with Crippen molar-refractivity contribution in [1.29, 1.82) is 0 Å². The highest BCUT2D eigenvalue weighted by Gasteiger charge is 2.35. The van der Waals surface area contributed by atoms with Gasteiger partial charge in [-0.1, -0.05) is 12.8 Å². The third kappa shape index (κ3) is 3.20. The van der Waals surface area contributed by atoms with Crippen molar-refractivity contribution in [2.45, 2.75) is 25.7 Å². The summed E-state index contributed by atoms with van der Waals surface area (Å²) in [4.78, 5) is 22.6. The van der Waals surface area contributed by atoms with E-state index in [4.69, 9.17) is 10.8 Å². The lowest BCUT2D eigenvalue weighted by Gasteiger charge is -2.27. The van der Waals surface area contributed by atoms with Crippen LogP contribution in [0.2, 0.25) is 0 Å². The van der Waals surface area contributed by atoms with Crippen LogP contribution in [0.1, 0.15) is 25.7 Å². The molecule has 2 atom stereocenters. The van der Waals surface area contributed by atoms with Crippen LogP contribution in [0.3, 0.4) is 0 Å². The van der Waals surface area contributed by atoms with Crippen LogP contribution in [0.25, 0.3) is 0 Å². The lowest BCUT2D eigenvalue weighted by atomic mass is 9.79. The number of nitrogens with two attached hydrogens (primary N) is 1. The van der Waals surface area contributed by atoms with Gasteiger partial charge in [0.25, 0.3) is 0 Å². The summed E-state index contributed by atoms with van der Waals surface area (Å²) in [5, 5.41) is 11.6. The van der Waals surface area contributed by atoms with Crippen molar-refractivity contribution >= 4 is 11.9 Å². The Kier molecular flexibility index (Phi) is 4.55. The molecule has 1 fully saturated rings. The van der Waals surface area contributed by atoms with E-state index < -0.39 is 11.9 Å². The minimum atomic E-state index is -0.859. The number of hydrogen-bond acceptors (Lipinski definition) is 3. The molecule has 1 amide bonds. The normalized spacial score (nSPS) is 25.9. The van der Waals surface area contributed by atoms with E-state index in [9.17, 15) is 9.59 Å². The van der Waals surface area contributed by atoms with E-state index in [1.165, 1.54) is 0 Å². The van der Waals surface area contributed by atoms with Crippen LogP contribution < -0.4 is 11.1 Å². The van der Waals surface area contributed by atoms with Crippen molar-refractivity contribution in [2.24, 2.45) is 17.6 Å². The Morgan fingerprint density at radius 1 is 1.27 bits per heavy atom. The molecule has 0 unspecified atom stereocenters. The predicted molar refractivity (Wildman–Crippen MR) is 55.1 cm³/mol. The number of aliphatic carboxylic acids is 1. The van der Waals surface area contributed by atoms with E-state index in [1.54, 1.807) is 0 Å². The lowest BCUT2D eigenvalue weighted by Crippen LogP contribution is -2.41. The molecule has 15 heavy (non-hydrogen) atoms. The largest absolute Gasteiger partial charge is 0.481 e. The summed E-state index contributed by atoms with van der Waals surface area (Å²) in [6.07, 6.45) is 3.12. The van der Waals surface area contributed by atoms with Crippen molar-refractivity contribution in [2.75, 3.05) is 13.1 Å². The smallest absolute Gasteiger partial charge is 0.307 e. The Morgan fingerprint density at radius 3 is 2.40 bits per heavy atom. The highest BCUT2D eigenvalue weighted by atomic mass is 16.4. The van der Waals surface area contributed by atoms with Gasteiger partial charge in [0.2, 0.25) is 5.91 Å². The molecule has 4 N–H and O–H groups in total. The molecule has 1 aliphatic carbocycles. The highest BCUT2D eigenvalue weighted by molar-refractivity contribution is 5.84. The monoisotopic (exact) mass is 214 g/mol. The minimum absolute atomic E-state index is 0.160. The Bertz CT molecular complexity index is 243. The van der Waals surface area contributed by atoms with Crippen LogP contribution in [-0.2, 0) is 9.59 Å². The number of hydrogen-bond donors (Lipinski definition) is 3. The molecule has 0 aliphatic heterocycles. The van der Waals surface area contributed by atoms with Gasteiger partial charge in [-0.15, -0.1) is 0 Å². The second-order valence-corrected chi connectivity index (χ2v) is 3.92. The van der Waals surface area contributed by atoms with E-state index in [1.807, 2.05) is 0 Å². The average Bonchev–Trinajstić information content (AvgIpc) is 2.25. The first-order valence-electron chi connectivity index (χ1n) is 5.37. The molecular formula is C10H18N2O3. The van der Waals surface area contributed by atoms with Gasteiger partial charge in [-0.3, -0.25) is 9.59 Å². The van der Waals surface area contributed by atoms with E-state index in [0.717, 1.165) is 12.8 Å². The Hall–Kier alpha value is -1.10. The van der Waals surface area contributed by atoms with Crippen molar-refractivity contribution < 1.29 is 14.7 Å². The fourth-order valence-electron chi connectivity index (χ4n) is 2.07. The molecule has 0 saturated heterocycles. The maximum absolute atomic E-state index is 11.6. The number of carbonyl (C=O) groups is 2. The Labute approximate surface area is 89.0 Å². The van der Waals surface area contributed by atoms with Gasteiger partial charge in [-0.05, 0) is 12.8 Å². The molecule has 0 aromatic rings. The van der Waals surface area contributed by atoms with Crippen molar-refractivity contribution in [3.8, 4) is 0 Å². The summed E-state index contributed by atoms with van der Waals surface area (Å²) >= 11 is 0. The van der Waals surface area contributed by atoms with Crippen LogP contribution in [0, 0.1) is 11.8 Å². The second kappa shape index (κ2) is 5.70. The van der Waals surface area contributed by atoms with Gasteiger partial charge in [0.05, 0.1) is 11.8 Å². The first-order valence-corrected chi connectivity index (χ1v) is 5.37. The lowest BCUT2D eigenvalue weighted by molar-refractivity contribution is -0.148. The highest BCUT2D eigenvalue weighted by Crippen LogP contribution is 2.30. The van der Waals surface area contributed by atoms with Gasteiger partial charge in [-0.25, -0.2) is 0 Å². The molecule has 0 heterocycles. The standard InChI is InChI=1S/C10H18N2O3/c11-5-6-12-9(13)7-3-1-2-4-8(7)10(14)15/h7-8H,1-6,11H2,(H,12,13)(H,14,15)/t7-,8+/m1/s1. The zero-order valence-electron chi connectivity index (χ0n) is 8.74. The maximum atomic E-state index is 11.6. The van der Waals surface area contributed by atoms with Gasteiger partial charge >= 0.3 is 5.97 Å². The summed E-state index contributed by atoms with van der Waals surface area (Å²) in [5.74, 6) is -1.91. The fourth-order valence-corrected chi connectivity index (χ4v) is 2.07. The molecule has 0 radical (unpaired) electrons. The number of carboxylic acid groups (broad SMARTS) is 1. The van der Waals surface area contributed by atoms with Crippen LogP contribution >= 0.6 is 0 Å². The molecule has 1 saturated carbocycles. The van der Waals surface area contributed by atoms with Gasteiger partial charge < -0.3 is 16.2 Å². The van der Waals surface area contributed by atoms with Gasteiger partial charge in [-0.2, -0.15) is 0 Å². The molecule has 1 rings (SSSR count). The van der Waals surface area contributed by atoms with Crippen molar-refractivity contribution in [3.05, 3.63) is 0 Å². The second-order valence-electron chi connectivity index (χ2n) is 3.92. The van der Waals surface area contributed by atoms with E-state index in [2.05, 4.69) is 5.32 Å². The summed E-state index contributed by atoms with van der Waals surface area (Å²) < 4.78 is 0. The number of nitrogens with one attached hydrogen (secondary N) is 1. The van der Waals surface area contributed by atoms with E-state index in [-0.39, 0.29) is 11.8 Å². The zero-order valence-corrected chi connectivity index (χ0v) is 8.74. The third-order valence-electron chi connectivity index (χ3n) is 2.86. The number of rotatable bonds is 4. The Morgan fingerprint density at radius 2 is 1.87 bits per heavy atom. The summed E-state index contributed by atoms with van der Waals surface area (Å²) in [7, 11) is 0. The molecule has 86 valence electrons. The van der Waals surface area contributed by atoms with Crippen LogP contribution in [0.5, 0.6) is 0 Å². The van der Waals surface area contributed by atoms with Gasteiger partial charge in [0.1, 0.15) is 0 Å². The zero-order chi connectivity index (χ0) is 11.3. The number of amides is 1. The van der Waals surface area contributed by atoms with Crippen LogP contribution in [0.15, 0.2) is 0 Å². The van der Waals surface area contributed by atoms with Gasteiger partial charge in [0, 0.05) is 13.1 Å². The predicted octanol–water partition coefficient (Wildman–Crippen LogP) is -0.0477. The summed E-state index contributed by atoms with van der Waals surface area (Å²) in [6, 6.07) is 0. The first-order chi connectivity index (χ1) is 7.16. The average molecular weight is 214 g/mol. The van der Waals surface area contributed by atoms with Crippen LogP contribution in [0.4, 0.5) is 0 Å². The molecule has 5 nitrogen and oxygen atoms in total. The first kappa shape index (κ1) is 12.0. The van der Waals surface area contributed by atoms with Crippen molar-refractivity contribution in [1.82, 2.24) is 5.32 Å². The Balaban J connectivity index is 2.55. The van der Waals surface area contributed by atoms with E-state index in [0.29, 0.717) is 25.9 Å². The SMILES string of the molecule is NCCNC(=O)[C@@H]1CCCC[C@@H]1C(=O)O. The van der Waals surface area contributed by atoms with Crippen molar-refractivity contribution in [3.63, 3.8) is 0 Å². The quantitative estimate of drug-likeness (QED) is 0.612. The molecule has 5 heteroatoms. The molecule has 0 aromatic heterocycles. The fraction of sp³-hybridized carbons (Fsp3) is 0.800.